The second-order valence-corrected chi connectivity index (χ2v) is 8.32. The Hall–Kier alpha value is -2.22. The monoisotopic (exact) mass is 385 g/mol. The zero-order valence-corrected chi connectivity index (χ0v) is 17.1. The van der Waals surface area contributed by atoms with Crippen molar-refractivity contribution in [2.75, 3.05) is 29.9 Å². The highest BCUT2D eigenvalue weighted by Gasteiger charge is 2.29. The van der Waals surface area contributed by atoms with Crippen molar-refractivity contribution in [2.24, 2.45) is 13.0 Å². The van der Waals surface area contributed by atoms with E-state index in [1.54, 1.807) is 12.7 Å². The minimum Gasteiger partial charge on any atom is -0.376 e. The van der Waals surface area contributed by atoms with Gasteiger partial charge in [0.2, 0.25) is 0 Å². The van der Waals surface area contributed by atoms with E-state index in [0.29, 0.717) is 17.9 Å². The van der Waals surface area contributed by atoms with Crippen molar-refractivity contribution in [3.63, 3.8) is 0 Å². The molecule has 2 aliphatic heterocycles. The smallest absolute Gasteiger partial charge is 0.137 e. The first-order valence-corrected chi connectivity index (χ1v) is 10.4. The van der Waals surface area contributed by atoms with Gasteiger partial charge in [-0.05, 0) is 31.6 Å². The quantitative estimate of drug-likeness (QED) is 0.847. The van der Waals surface area contributed by atoms with E-state index in [4.69, 9.17) is 4.74 Å². The molecular weight excluding hydrogens is 354 g/mol. The molecule has 8 nitrogen and oxygen atoms in total. The predicted molar refractivity (Wildman–Crippen MR) is 108 cm³/mol. The van der Waals surface area contributed by atoms with Crippen molar-refractivity contribution in [1.82, 2.24) is 24.7 Å². The van der Waals surface area contributed by atoms with Crippen molar-refractivity contribution in [3.8, 4) is 0 Å². The van der Waals surface area contributed by atoms with Gasteiger partial charge in [0.1, 0.15) is 30.1 Å². The molecule has 0 radical (unpaired) electrons. The summed E-state index contributed by atoms with van der Waals surface area (Å²) in [6.45, 7) is 7.20. The molecule has 0 spiro atoms. The largest absolute Gasteiger partial charge is 0.376 e. The number of aromatic nitrogens is 5. The van der Waals surface area contributed by atoms with Crippen LogP contribution in [0.3, 0.4) is 0 Å². The van der Waals surface area contributed by atoms with Crippen molar-refractivity contribution in [2.45, 2.75) is 57.6 Å². The molecule has 0 amide bonds. The Kier molecular flexibility index (Phi) is 5.75. The van der Waals surface area contributed by atoms with E-state index in [2.05, 4.69) is 50.3 Å². The van der Waals surface area contributed by atoms with Gasteiger partial charge in [0.25, 0.3) is 0 Å². The molecule has 0 saturated carbocycles. The molecule has 0 aromatic carbocycles. The minimum absolute atomic E-state index is 0.224. The van der Waals surface area contributed by atoms with Crippen LogP contribution in [-0.2, 0) is 11.8 Å². The Morgan fingerprint density at radius 1 is 1.21 bits per heavy atom. The van der Waals surface area contributed by atoms with Crippen LogP contribution in [0.25, 0.3) is 0 Å². The summed E-state index contributed by atoms with van der Waals surface area (Å²) < 4.78 is 8.03. The predicted octanol–water partition coefficient (Wildman–Crippen LogP) is 2.60. The maximum atomic E-state index is 6.01. The first-order chi connectivity index (χ1) is 13.6. The topological polar surface area (TPSA) is 81.0 Å². The number of rotatable bonds is 5. The van der Waals surface area contributed by atoms with Gasteiger partial charge in [-0.1, -0.05) is 13.8 Å². The van der Waals surface area contributed by atoms with E-state index in [-0.39, 0.29) is 6.10 Å². The van der Waals surface area contributed by atoms with Crippen LogP contribution in [0.4, 0.5) is 11.6 Å². The summed E-state index contributed by atoms with van der Waals surface area (Å²) in [7, 11) is 2.01. The summed E-state index contributed by atoms with van der Waals surface area (Å²) in [6.07, 6.45) is 8.12. The zero-order chi connectivity index (χ0) is 19.5. The SMILES string of the molecule is CC(C)C1OCCCC1Nc1cc(N2CCCC(c3nncn3C)C2)ncn1. The van der Waals surface area contributed by atoms with Gasteiger partial charge < -0.3 is 19.5 Å². The molecule has 3 atom stereocenters. The van der Waals surface area contributed by atoms with Gasteiger partial charge in [-0.15, -0.1) is 10.2 Å². The Labute approximate surface area is 166 Å². The van der Waals surface area contributed by atoms with Crippen molar-refractivity contribution >= 4 is 11.6 Å². The first-order valence-electron chi connectivity index (χ1n) is 10.4. The van der Waals surface area contributed by atoms with Gasteiger partial charge in [-0.2, -0.15) is 0 Å². The summed E-state index contributed by atoms with van der Waals surface area (Å²) in [4.78, 5) is 11.4. The molecule has 2 fully saturated rings. The number of aryl methyl sites for hydroxylation is 1. The lowest BCUT2D eigenvalue weighted by molar-refractivity contribution is -0.0203. The highest BCUT2D eigenvalue weighted by atomic mass is 16.5. The highest BCUT2D eigenvalue weighted by Crippen LogP contribution is 2.29. The fraction of sp³-hybridized carbons (Fsp3) is 0.700. The van der Waals surface area contributed by atoms with E-state index in [0.717, 1.165) is 62.8 Å². The van der Waals surface area contributed by atoms with E-state index in [1.165, 1.54) is 0 Å². The summed E-state index contributed by atoms with van der Waals surface area (Å²) in [5.41, 5.74) is 0. The Morgan fingerprint density at radius 3 is 2.89 bits per heavy atom. The lowest BCUT2D eigenvalue weighted by Gasteiger charge is -2.35. The van der Waals surface area contributed by atoms with E-state index in [9.17, 15) is 0 Å². The maximum absolute atomic E-state index is 6.01. The number of nitrogens with zero attached hydrogens (tertiary/aromatic N) is 6. The van der Waals surface area contributed by atoms with Crippen molar-refractivity contribution < 1.29 is 4.74 Å². The molecule has 2 aromatic rings. The van der Waals surface area contributed by atoms with Crippen LogP contribution in [0.5, 0.6) is 0 Å². The van der Waals surface area contributed by atoms with Crippen molar-refractivity contribution in [3.05, 3.63) is 24.5 Å². The molecule has 2 saturated heterocycles. The number of nitrogens with one attached hydrogen (secondary N) is 1. The highest BCUT2D eigenvalue weighted by molar-refractivity contribution is 5.49. The van der Waals surface area contributed by atoms with Gasteiger partial charge in [0.05, 0.1) is 12.1 Å². The molecule has 0 bridgehead atoms. The molecule has 152 valence electrons. The fourth-order valence-corrected chi connectivity index (χ4v) is 4.46. The number of hydrogen-bond acceptors (Lipinski definition) is 7. The van der Waals surface area contributed by atoms with E-state index < -0.39 is 0 Å². The minimum atomic E-state index is 0.224. The van der Waals surface area contributed by atoms with Gasteiger partial charge in [-0.25, -0.2) is 9.97 Å². The third kappa shape index (κ3) is 4.11. The Balaban J connectivity index is 1.46. The molecule has 4 heterocycles. The van der Waals surface area contributed by atoms with Crippen LogP contribution < -0.4 is 10.2 Å². The number of anilines is 2. The van der Waals surface area contributed by atoms with Gasteiger partial charge in [0, 0.05) is 38.7 Å². The van der Waals surface area contributed by atoms with E-state index >= 15 is 0 Å². The zero-order valence-electron chi connectivity index (χ0n) is 17.1. The van der Waals surface area contributed by atoms with E-state index in [1.807, 2.05) is 11.6 Å². The van der Waals surface area contributed by atoms with Crippen LogP contribution in [0.15, 0.2) is 18.7 Å². The summed E-state index contributed by atoms with van der Waals surface area (Å²) in [5.74, 6) is 3.77. The third-order valence-corrected chi connectivity index (χ3v) is 5.87. The fourth-order valence-electron chi connectivity index (χ4n) is 4.46. The number of ether oxygens (including phenoxy) is 1. The molecular formula is C20H31N7O. The third-order valence-electron chi connectivity index (χ3n) is 5.87. The van der Waals surface area contributed by atoms with Gasteiger partial charge in [0.15, 0.2) is 0 Å². The second kappa shape index (κ2) is 8.43. The van der Waals surface area contributed by atoms with Crippen LogP contribution in [-0.4, -0.2) is 56.6 Å². The normalized spacial score (nSPS) is 25.9. The van der Waals surface area contributed by atoms with Crippen LogP contribution in [0, 0.1) is 5.92 Å². The summed E-state index contributed by atoms with van der Waals surface area (Å²) >= 11 is 0. The summed E-state index contributed by atoms with van der Waals surface area (Å²) in [6, 6.07) is 2.37. The average Bonchev–Trinajstić information content (AvgIpc) is 3.14. The second-order valence-electron chi connectivity index (χ2n) is 8.32. The molecule has 28 heavy (non-hydrogen) atoms. The molecule has 3 unspecified atom stereocenters. The first kappa shape index (κ1) is 19.1. The Morgan fingerprint density at radius 2 is 2.11 bits per heavy atom. The molecule has 0 aliphatic carbocycles. The average molecular weight is 386 g/mol. The molecule has 1 N–H and O–H groups in total. The summed E-state index contributed by atoms with van der Waals surface area (Å²) in [5, 5.41) is 12.0. The lowest BCUT2D eigenvalue weighted by atomic mass is 9.93. The molecule has 2 aliphatic rings. The molecule has 8 heteroatoms. The van der Waals surface area contributed by atoms with Crippen molar-refractivity contribution in [1.29, 1.82) is 0 Å². The van der Waals surface area contributed by atoms with Gasteiger partial charge >= 0.3 is 0 Å². The Bertz CT molecular complexity index is 777. The number of piperidine rings is 1. The van der Waals surface area contributed by atoms with Crippen LogP contribution >= 0.6 is 0 Å². The molecule has 2 aromatic heterocycles. The van der Waals surface area contributed by atoms with Crippen LogP contribution in [0.1, 0.15) is 51.3 Å². The maximum Gasteiger partial charge on any atom is 0.137 e. The number of hydrogen-bond donors (Lipinski definition) is 1. The lowest BCUT2D eigenvalue weighted by Crippen LogP contribution is -2.43. The van der Waals surface area contributed by atoms with Gasteiger partial charge in [-0.3, -0.25) is 0 Å². The standard InChI is InChI=1S/C20H31N7O/c1-14(2)19-16(7-5-9-28-19)24-17-10-18(22-12-21-17)27-8-4-6-15(11-27)20-25-23-13-26(20)3/h10,12-16,19H,4-9,11H2,1-3H3,(H,21,22,24). The van der Waals surface area contributed by atoms with Crippen LogP contribution in [0.2, 0.25) is 0 Å². The molecule has 4 rings (SSSR count).